The molecule has 2 atom stereocenters. The smallest absolute Gasteiger partial charge is 0.265 e. The van der Waals surface area contributed by atoms with Gasteiger partial charge in [0.05, 0.1) is 4.90 Å². The molecule has 7 heteroatoms. The van der Waals surface area contributed by atoms with Crippen LogP contribution >= 0.6 is 0 Å². The van der Waals surface area contributed by atoms with Gasteiger partial charge in [0.25, 0.3) is 5.91 Å². The number of benzene rings is 2. The molecule has 0 aliphatic carbocycles. The van der Waals surface area contributed by atoms with E-state index in [4.69, 9.17) is 4.74 Å². The number of amides is 1. The molecular weight excluding hydrogens is 400 g/mol. The second-order valence-corrected chi connectivity index (χ2v) is 10.2. The van der Waals surface area contributed by atoms with Gasteiger partial charge in [-0.25, -0.2) is 13.1 Å². The molecule has 0 aliphatic rings. The standard InChI is InChI=1S/C23H32N2O4S/c1-7-16(2)25-30(27,28)21-14-10-19(11-15-21)24-22(26)17(3)29-20-12-8-18(9-13-20)23(4,5)6/h8-17,25H,7H2,1-6H3,(H,24,26). The molecule has 0 saturated carbocycles. The van der Waals surface area contributed by atoms with Crippen LogP contribution in [0.25, 0.3) is 0 Å². The lowest BCUT2D eigenvalue weighted by Crippen LogP contribution is -2.32. The van der Waals surface area contributed by atoms with Crippen LogP contribution in [0.1, 0.15) is 53.5 Å². The summed E-state index contributed by atoms with van der Waals surface area (Å²) in [5, 5.41) is 2.75. The summed E-state index contributed by atoms with van der Waals surface area (Å²) in [6, 6.07) is 13.6. The minimum atomic E-state index is -3.58. The minimum absolute atomic E-state index is 0.0469. The van der Waals surface area contributed by atoms with Crippen molar-refractivity contribution in [1.82, 2.24) is 4.72 Å². The topological polar surface area (TPSA) is 84.5 Å². The Morgan fingerprint density at radius 3 is 2.07 bits per heavy atom. The summed E-state index contributed by atoms with van der Waals surface area (Å²) in [7, 11) is -3.58. The molecule has 2 N–H and O–H groups in total. The van der Waals surface area contributed by atoms with Crippen molar-refractivity contribution < 1.29 is 17.9 Å². The number of nitrogens with one attached hydrogen (secondary N) is 2. The van der Waals surface area contributed by atoms with Gasteiger partial charge in [-0.2, -0.15) is 0 Å². The molecule has 0 bridgehead atoms. The van der Waals surface area contributed by atoms with Crippen LogP contribution in [0.4, 0.5) is 5.69 Å². The lowest BCUT2D eigenvalue weighted by atomic mass is 9.87. The molecule has 0 radical (unpaired) electrons. The van der Waals surface area contributed by atoms with Crippen molar-refractivity contribution in [3.8, 4) is 5.75 Å². The molecule has 6 nitrogen and oxygen atoms in total. The monoisotopic (exact) mass is 432 g/mol. The van der Waals surface area contributed by atoms with Crippen LogP contribution in [0.15, 0.2) is 53.4 Å². The van der Waals surface area contributed by atoms with E-state index in [2.05, 4.69) is 30.8 Å². The fourth-order valence-electron chi connectivity index (χ4n) is 2.67. The van der Waals surface area contributed by atoms with Crippen molar-refractivity contribution in [3.63, 3.8) is 0 Å². The van der Waals surface area contributed by atoms with Gasteiger partial charge in [-0.05, 0) is 67.6 Å². The normalized spacial score (nSPS) is 14.1. The van der Waals surface area contributed by atoms with Crippen molar-refractivity contribution in [1.29, 1.82) is 0 Å². The highest BCUT2D eigenvalue weighted by Crippen LogP contribution is 2.25. The summed E-state index contributed by atoms with van der Waals surface area (Å²) in [5.74, 6) is 0.298. The fourth-order valence-corrected chi connectivity index (χ4v) is 4.00. The minimum Gasteiger partial charge on any atom is -0.481 e. The van der Waals surface area contributed by atoms with Crippen molar-refractivity contribution >= 4 is 21.6 Å². The van der Waals surface area contributed by atoms with Crippen LogP contribution < -0.4 is 14.8 Å². The number of sulfonamides is 1. The van der Waals surface area contributed by atoms with E-state index in [-0.39, 0.29) is 22.3 Å². The Morgan fingerprint density at radius 1 is 1.00 bits per heavy atom. The van der Waals surface area contributed by atoms with Crippen molar-refractivity contribution in [2.24, 2.45) is 0 Å². The van der Waals surface area contributed by atoms with E-state index in [0.717, 1.165) is 0 Å². The molecule has 0 fully saturated rings. The third-order valence-electron chi connectivity index (χ3n) is 4.80. The zero-order valence-electron chi connectivity index (χ0n) is 18.5. The van der Waals surface area contributed by atoms with Crippen LogP contribution in [0.3, 0.4) is 0 Å². The predicted molar refractivity (Wildman–Crippen MR) is 120 cm³/mol. The number of anilines is 1. The fraction of sp³-hybridized carbons (Fsp3) is 0.435. The highest BCUT2D eigenvalue weighted by molar-refractivity contribution is 7.89. The van der Waals surface area contributed by atoms with Gasteiger partial charge >= 0.3 is 0 Å². The SMILES string of the molecule is CCC(C)NS(=O)(=O)c1ccc(NC(=O)C(C)Oc2ccc(C(C)(C)C)cc2)cc1. The van der Waals surface area contributed by atoms with Gasteiger partial charge in [-0.3, -0.25) is 4.79 Å². The first-order valence-corrected chi connectivity index (χ1v) is 11.6. The van der Waals surface area contributed by atoms with E-state index >= 15 is 0 Å². The average molecular weight is 433 g/mol. The largest absolute Gasteiger partial charge is 0.481 e. The average Bonchev–Trinajstić information content (AvgIpc) is 2.67. The Morgan fingerprint density at radius 2 is 1.57 bits per heavy atom. The number of carbonyl (C=O) groups excluding carboxylic acids is 1. The second kappa shape index (κ2) is 9.62. The Labute approximate surface area is 180 Å². The van der Waals surface area contributed by atoms with E-state index < -0.39 is 16.1 Å². The molecule has 0 saturated heterocycles. The Balaban J connectivity index is 1.98. The van der Waals surface area contributed by atoms with Crippen LogP contribution in [0.5, 0.6) is 5.75 Å². The van der Waals surface area contributed by atoms with Crippen LogP contribution in [0, 0.1) is 0 Å². The second-order valence-electron chi connectivity index (χ2n) is 8.48. The Bertz CT molecular complexity index is 946. The van der Waals surface area contributed by atoms with Gasteiger partial charge in [0.15, 0.2) is 6.10 Å². The Kier molecular flexibility index (Phi) is 7.66. The summed E-state index contributed by atoms with van der Waals surface area (Å²) in [6.07, 6.45) is -0.00884. The first-order valence-electron chi connectivity index (χ1n) is 10.1. The molecule has 0 spiro atoms. The molecular formula is C23H32N2O4S. The van der Waals surface area contributed by atoms with E-state index in [1.807, 2.05) is 38.1 Å². The molecule has 2 aromatic rings. The van der Waals surface area contributed by atoms with Crippen molar-refractivity contribution in [3.05, 3.63) is 54.1 Å². The maximum absolute atomic E-state index is 12.4. The summed E-state index contributed by atoms with van der Waals surface area (Å²) < 4.78 is 33.0. The molecule has 30 heavy (non-hydrogen) atoms. The number of carbonyl (C=O) groups is 1. The molecule has 2 unspecified atom stereocenters. The molecule has 1 amide bonds. The third kappa shape index (κ3) is 6.57. The summed E-state index contributed by atoms with van der Waals surface area (Å²) in [5.41, 5.74) is 1.73. The van der Waals surface area contributed by atoms with E-state index in [0.29, 0.717) is 17.9 Å². The maximum atomic E-state index is 12.4. The predicted octanol–water partition coefficient (Wildman–Crippen LogP) is 4.47. The summed E-state index contributed by atoms with van der Waals surface area (Å²) in [6.45, 7) is 11.8. The van der Waals surface area contributed by atoms with Gasteiger partial charge in [0.2, 0.25) is 10.0 Å². The third-order valence-corrected chi connectivity index (χ3v) is 6.41. The number of hydrogen-bond acceptors (Lipinski definition) is 4. The molecule has 0 aliphatic heterocycles. The lowest BCUT2D eigenvalue weighted by Gasteiger charge is -2.20. The molecule has 2 rings (SSSR count). The highest BCUT2D eigenvalue weighted by Gasteiger charge is 2.19. The van der Waals surface area contributed by atoms with Gasteiger partial charge in [0, 0.05) is 11.7 Å². The lowest BCUT2D eigenvalue weighted by molar-refractivity contribution is -0.122. The molecule has 0 heterocycles. The number of rotatable bonds is 8. The van der Waals surface area contributed by atoms with Crippen LogP contribution in [-0.2, 0) is 20.2 Å². The van der Waals surface area contributed by atoms with Gasteiger partial charge in [0.1, 0.15) is 5.75 Å². The zero-order valence-corrected chi connectivity index (χ0v) is 19.3. The first-order chi connectivity index (χ1) is 13.9. The van der Waals surface area contributed by atoms with Crippen LogP contribution in [-0.4, -0.2) is 26.5 Å². The summed E-state index contributed by atoms with van der Waals surface area (Å²) in [4.78, 5) is 12.6. The Hall–Kier alpha value is -2.38. The first kappa shape index (κ1) is 23.9. The van der Waals surface area contributed by atoms with Gasteiger partial charge in [-0.15, -0.1) is 0 Å². The van der Waals surface area contributed by atoms with Gasteiger partial charge < -0.3 is 10.1 Å². The summed E-state index contributed by atoms with van der Waals surface area (Å²) >= 11 is 0. The number of ether oxygens (including phenoxy) is 1. The molecule has 164 valence electrons. The number of hydrogen-bond donors (Lipinski definition) is 2. The quantitative estimate of drug-likeness (QED) is 0.645. The zero-order chi connectivity index (χ0) is 22.5. The van der Waals surface area contributed by atoms with Crippen molar-refractivity contribution in [2.75, 3.05) is 5.32 Å². The molecule has 2 aromatic carbocycles. The van der Waals surface area contributed by atoms with Gasteiger partial charge in [-0.1, -0.05) is 39.8 Å². The maximum Gasteiger partial charge on any atom is 0.265 e. The van der Waals surface area contributed by atoms with E-state index in [9.17, 15) is 13.2 Å². The highest BCUT2D eigenvalue weighted by atomic mass is 32.2. The van der Waals surface area contributed by atoms with E-state index in [1.165, 1.54) is 17.7 Å². The molecule has 0 aromatic heterocycles. The van der Waals surface area contributed by atoms with Crippen molar-refractivity contribution in [2.45, 2.75) is 70.4 Å². The van der Waals surface area contributed by atoms with Crippen LogP contribution in [0.2, 0.25) is 0 Å². The van der Waals surface area contributed by atoms with E-state index in [1.54, 1.807) is 19.1 Å².